The van der Waals surface area contributed by atoms with Gasteiger partial charge in [-0.3, -0.25) is 4.79 Å². The van der Waals surface area contributed by atoms with Crippen LogP contribution in [0.15, 0.2) is 6.07 Å². The smallest absolute Gasteiger partial charge is 0.376 e. The summed E-state index contributed by atoms with van der Waals surface area (Å²) in [5, 5.41) is 11.6. The van der Waals surface area contributed by atoms with Crippen LogP contribution in [0.3, 0.4) is 0 Å². The molecule has 0 aliphatic carbocycles. The van der Waals surface area contributed by atoms with E-state index in [-0.39, 0.29) is 18.8 Å². The number of aliphatic carboxylic acids is 1. The molecule has 8 nitrogen and oxygen atoms in total. The van der Waals surface area contributed by atoms with Crippen molar-refractivity contribution in [2.75, 3.05) is 26.1 Å². The highest BCUT2D eigenvalue weighted by Crippen LogP contribution is 2.08. The number of aryl methyl sites for hydroxylation is 1. The number of hydrogen-bond donors (Lipinski definition) is 2. The van der Waals surface area contributed by atoms with Gasteiger partial charge in [0.05, 0.1) is 19.6 Å². The zero-order valence-corrected chi connectivity index (χ0v) is 11.5. The fraction of sp³-hybridized carbons (Fsp3) is 0.500. The number of esters is 1. The van der Waals surface area contributed by atoms with Crippen LogP contribution in [-0.2, 0) is 14.3 Å². The van der Waals surface area contributed by atoms with Crippen LogP contribution in [0.25, 0.3) is 0 Å². The predicted octanol–water partition coefficient (Wildman–Crippen LogP) is 0.473. The molecule has 1 atom stereocenters. The summed E-state index contributed by atoms with van der Waals surface area (Å²) in [5.74, 6) is -1.23. The lowest BCUT2D eigenvalue weighted by atomic mass is 10.2. The molecule has 0 amide bonds. The van der Waals surface area contributed by atoms with Gasteiger partial charge in [0.15, 0.2) is 0 Å². The van der Waals surface area contributed by atoms with Crippen molar-refractivity contribution in [1.29, 1.82) is 0 Å². The fourth-order valence-electron chi connectivity index (χ4n) is 1.49. The van der Waals surface area contributed by atoms with Crippen molar-refractivity contribution < 1.29 is 24.2 Å². The molecule has 20 heavy (non-hydrogen) atoms. The number of methoxy groups -OCH3 is 2. The van der Waals surface area contributed by atoms with Crippen LogP contribution in [0.5, 0.6) is 0 Å². The zero-order valence-electron chi connectivity index (χ0n) is 11.5. The molecule has 1 aromatic rings. The average molecular weight is 283 g/mol. The Morgan fingerprint density at radius 1 is 1.40 bits per heavy atom. The van der Waals surface area contributed by atoms with E-state index in [9.17, 15) is 9.59 Å². The van der Waals surface area contributed by atoms with E-state index in [1.807, 2.05) is 0 Å². The third-order valence-electron chi connectivity index (χ3n) is 2.47. The van der Waals surface area contributed by atoms with Crippen molar-refractivity contribution in [3.8, 4) is 0 Å². The van der Waals surface area contributed by atoms with Gasteiger partial charge in [-0.25, -0.2) is 14.8 Å². The Balaban J connectivity index is 2.74. The van der Waals surface area contributed by atoms with Crippen LogP contribution < -0.4 is 5.32 Å². The summed E-state index contributed by atoms with van der Waals surface area (Å²) in [7, 11) is 2.68. The Hall–Kier alpha value is -2.22. The number of carbonyl (C=O) groups excluding carboxylic acids is 1. The van der Waals surface area contributed by atoms with Crippen LogP contribution in [0.4, 0.5) is 5.82 Å². The van der Waals surface area contributed by atoms with E-state index in [0.29, 0.717) is 11.5 Å². The summed E-state index contributed by atoms with van der Waals surface area (Å²) in [6, 6.07) is 1.64. The summed E-state index contributed by atoms with van der Waals surface area (Å²) in [6.07, 6.45) is -0.624. The third kappa shape index (κ3) is 4.81. The third-order valence-corrected chi connectivity index (χ3v) is 2.47. The van der Waals surface area contributed by atoms with Crippen LogP contribution in [-0.4, -0.2) is 53.9 Å². The largest absolute Gasteiger partial charge is 0.481 e. The van der Waals surface area contributed by atoms with Gasteiger partial charge >= 0.3 is 11.9 Å². The van der Waals surface area contributed by atoms with Gasteiger partial charge in [0.2, 0.25) is 5.82 Å². The van der Waals surface area contributed by atoms with Crippen molar-refractivity contribution in [3.63, 3.8) is 0 Å². The normalized spacial score (nSPS) is 11.8. The van der Waals surface area contributed by atoms with Crippen LogP contribution in [0.2, 0.25) is 0 Å². The maximum absolute atomic E-state index is 11.4. The molecule has 2 N–H and O–H groups in total. The van der Waals surface area contributed by atoms with E-state index in [1.165, 1.54) is 14.2 Å². The second kappa shape index (κ2) is 7.39. The molecule has 0 radical (unpaired) electrons. The van der Waals surface area contributed by atoms with Crippen molar-refractivity contribution in [2.24, 2.45) is 0 Å². The fourth-order valence-corrected chi connectivity index (χ4v) is 1.49. The van der Waals surface area contributed by atoms with Gasteiger partial charge in [0.25, 0.3) is 0 Å². The molecule has 0 aliphatic heterocycles. The topological polar surface area (TPSA) is 111 Å². The minimum Gasteiger partial charge on any atom is -0.481 e. The minimum atomic E-state index is -0.951. The van der Waals surface area contributed by atoms with Gasteiger partial charge < -0.3 is 19.9 Å². The Labute approximate surface area is 116 Å². The standard InChI is InChI=1S/C12H17N3O5/c1-7-4-9(15-11(14-7)12(18)20-3)13-6-8(19-2)5-10(16)17/h4,8H,5-6H2,1-3H3,(H,16,17)(H,13,14,15). The zero-order chi connectivity index (χ0) is 15.1. The molecule has 0 spiro atoms. The Morgan fingerprint density at radius 2 is 2.10 bits per heavy atom. The number of nitrogens with one attached hydrogen (secondary N) is 1. The molecule has 1 rings (SSSR count). The average Bonchev–Trinajstić information content (AvgIpc) is 2.41. The SMILES string of the molecule is COC(=O)c1nc(C)cc(NCC(CC(=O)O)OC)n1. The van der Waals surface area contributed by atoms with Gasteiger partial charge in [-0.05, 0) is 6.92 Å². The van der Waals surface area contributed by atoms with E-state index < -0.39 is 18.0 Å². The molecule has 8 heteroatoms. The highest BCUT2D eigenvalue weighted by atomic mass is 16.5. The summed E-state index contributed by atoms with van der Waals surface area (Å²) in [5.41, 5.74) is 0.593. The number of nitrogens with zero attached hydrogens (tertiary/aromatic N) is 2. The second-order valence-electron chi connectivity index (χ2n) is 4.05. The number of rotatable bonds is 7. The van der Waals surface area contributed by atoms with Crippen molar-refractivity contribution >= 4 is 17.8 Å². The first kappa shape index (κ1) is 15.8. The quantitative estimate of drug-likeness (QED) is 0.695. The highest BCUT2D eigenvalue weighted by molar-refractivity contribution is 5.85. The summed E-state index contributed by atoms with van der Waals surface area (Å²) < 4.78 is 9.59. The maximum Gasteiger partial charge on any atom is 0.376 e. The van der Waals surface area contributed by atoms with Gasteiger partial charge in [-0.15, -0.1) is 0 Å². The second-order valence-corrected chi connectivity index (χ2v) is 4.05. The first-order valence-electron chi connectivity index (χ1n) is 5.88. The van der Waals surface area contributed by atoms with Crippen LogP contribution in [0, 0.1) is 6.92 Å². The molecular weight excluding hydrogens is 266 g/mol. The maximum atomic E-state index is 11.4. The number of anilines is 1. The molecular formula is C12H17N3O5. The summed E-state index contributed by atoms with van der Waals surface area (Å²) >= 11 is 0. The number of aromatic nitrogens is 2. The van der Waals surface area contributed by atoms with E-state index in [4.69, 9.17) is 9.84 Å². The molecule has 0 fully saturated rings. The molecule has 0 aromatic carbocycles. The number of hydrogen-bond acceptors (Lipinski definition) is 7. The van der Waals surface area contributed by atoms with Crippen molar-refractivity contribution in [1.82, 2.24) is 9.97 Å². The van der Waals surface area contributed by atoms with Crippen molar-refractivity contribution in [3.05, 3.63) is 17.6 Å². The molecule has 0 bridgehead atoms. The lowest BCUT2D eigenvalue weighted by Crippen LogP contribution is -2.25. The molecule has 1 unspecified atom stereocenters. The van der Waals surface area contributed by atoms with E-state index in [2.05, 4.69) is 20.0 Å². The summed E-state index contributed by atoms with van der Waals surface area (Å²) in [6.45, 7) is 1.96. The summed E-state index contributed by atoms with van der Waals surface area (Å²) in [4.78, 5) is 29.9. The molecule has 1 heterocycles. The first-order valence-corrected chi connectivity index (χ1v) is 5.88. The lowest BCUT2D eigenvalue weighted by molar-refractivity contribution is -0.139. The Kier molecular flexibility index (Phi) is 5.85. The van der Waals surface area contributed by atoms with Crippen LogP contribution >= 0.6 is 0 Å². The van der Waals surface area contributed by atoms with Crippen LogP contribution in [0.1, 0.15) is 22.7 Å². The predicted molar refractivity (Wildman–Crippen MR) is 69.6 cm³/mol. The Morgan fingerprint density at radius 3 is 2.65 bits per heavy atom. The number of carboxylic acids is 1. The van der Waals surface area contributed by atoms with Gasteiger partial charge in [0.1, 0.15) is 5.82 Å². The minimum absolute atomic E-state index is 0.0535. The molecule has 1 aromatic heterocycles. The van der Waals surface area contributed by atoms with E-state index >= 15 is 0 Å². The molecule has 0 saturated heterocycles. The van der Waals surface area contributed by atoms with E-state index in [1.54, 1.807) is 13.0 Å². The van der Waals surface area contributed by atoms with Gasteiger partial charge in [0, 0.05) is 25.4 Å². The number of carbonyl (C=O) groups is 2. The highest BCUT2D eigenvalue weighted by Gasteiger charge is 2.14. The van der Waals surface area contributed by atoms with Gasteiger partial charge in [-0.1, -0.05) is 0 Å². The monoisotopic (exact) mass is 283 g/mol. The van der Waals surface area contributed by atoms with Gasteiger partial charge in [-0.2, -0.15) is 0 Å². The Bertz CT molecular complexity index is 492. The number of ether oxygens (including phenoxy) is 2. The van der Waals surface area contributed by atoms with Crippen molar-refractivity contribution in [2.45, 2.75) is 19.4 Å². The molecule has 110 valence electrons. The number of carboxylic acid groups (broad SMARTS) is 1. The first-order chi connectivity index (χ1) is 9.46. The molecule has 0 aliphatic rings. The molecule has 0 saturated carbocycles. The van der Waals surface area contributed by atoms with E-state index in [0.717, 1.165) is 0 Å². The lowest BCUT2D eigenvalue weighted by Gasteiger charge is -2.14.